The third-order valence-corrected chi connectivity index (χ3v) is 3.22. The first-order valence-corrected chi connectivity index (χ1v) is 6.34. The normalized spacial score (nSPS) is 10.8. The summed E-state index contributed by atoms with van der Waals surface area (Å²) in [4.78, 5) is 28.0. The molecule has 1 aromatic carbocycles. The second kappa shape index (κ2) is 4.94. The largest absolute Gasteiger partial charge is 0.296 e. The average molecular weight is 282 g/mol. The Kier molecular flexibility index (Phi) is 3.10. The molecule has 0 saturated heterocycles. The van der Waals surface area contributed by atoms with Gasteiger partial charge in [-0.15, -0.1) is 0 Å². The number of fused-ring (bicyclic) bond motifs is 1. The quantitative estimate of drug-likeness (QED) is 0.679. The Labute approximate surface area is 119 Å². The van der Waals surface area contributed by atoms with Crippen molar-refractivity contribution in [1.29, 1.82) is 0 Å². The first-order valence-electron chi connectivity index (χ1n) is 6.34. The van der Waals surface area contributed by atoms with Gasteiger partial charge in [-0.2, -0.15) is 0 Å². The van der Waals surface area contributed by atoms with E-state index in [2.05, 4.69) is 4.98 Å². The van der Waals surface area contributed by atoms with E-state index in [0.29, 0.717) is 17.5 Å². The predicted molar refractivity (Wildman–Crippen MR) is 77.0 cm³/mol. The molecule has 2 aromatic heterocycles. The second-order valence-electron chi connectivity index (χ2n) is 4.74. The lowest BCUT2D eigenvalue weighted by atomic mass is 10.1. The highest BCUT2D eigenvalue weighted by Crippen LogP contribution is 2.19. The number of hydrogen-bond acceptors (Lipinski definition) is 3. The van der Waals surface area contributed by atoms with Gasteiger partial charge in [0, 0.05) is 6.20 Å². The minimum absolute atomic E-state index is 0.00875. The van der Waals surface area contributed by atoms with Crippen molar-refractivity contribution in [3.63, 3.8) is 0 Å². The van der Waals surface area contributed by atoms with E-state index in [9.17, 15) is 14.0 Å². The van der Waals surface area contributed by atoms with Gasteiger partial charge in [-0.1, -0.05) is 18.2 Å². The summed E-state index contributed by atoms with van der Waals surface area (Å²) in [5.74, 6) is -0.474. The monoisotopic (exact) mass is 282 g/mol. The van der Waals surface area contributed by atoms with Crippen molar-refractivity contribution in [3.05, 3.63) is 70.0 Å². The average Bonchev–Trinajstić information content (AvgIpc) is 2.47. The number of halogens is 1. The number of carbonyl (C=O) groups excluding carboxylic acids is 1. The van der Waals surface area contributed by atoms with Crippen LogP contribution in [0.4, 0.5) is 4.39 Å². The third-order valence-electron chi connectivity index (χ3n) is 3.22. The Bertz CT molecular complexity index is 916. The van der Waals surface area contributed by atoms with Crippen LogP contribution in [0.1, 0.15) is 16.1 Å². The molecule has 5 heteroatoms. The van der Waals surface area contributed by atoms with E-state index < -0.39 is 11.4 Å². The van der Waals surface area contributed by atoms with Crippen molar-refractivity contribution < 1.29 is 9.18 Å². The van der Waals surface area contributed by atoms with Crippen LogP contribution in [0.25, 0.3) is 16.8 Å². The summed E-state index contributed by atoms with van der Waals surface area (Å²) in [6.45, 7) is 1.85. The van der Waals surface area contributed by atoms with Gasteiger partial charge in [-0.25, -0.2) is 9.37 Å². The minimum Gasteiger partial charge on any atom is -0.296 e. The molecule has 3 rings (SSSR count). The highest BCUT2D eigenvalue weighted by molar-refractivity contribution is 5.85. The summed E-state index contributed by atoms with van der Waals surface area (Å²) in [5.41, 5.74) is 1.33. The zero-order valence-electron chi connectivity index (χ0n) is 11.2. The van der Waals surface area contributed by atoms with E-state index >= 15 is 0 Å². The zero-order valence-corrected chi connectivity index (χ0v) is 11.2. The highest BCUT2D eigenvalue weighted by atomic mass is 19.1. The van der Waals surface area contributed by atoms with Crippen molar-refractivity contribution in [2.45, 2.75) is 6.92 Å². The first kappa shape index (κ1) is 13.2. The van der Waals surface area contributed by atoms with Gasteiger partial charge in [0.1, 0.15) is 17.2 Å². The summed E-state index contributed by atoms with van der Waals surface area (Å²) < 4.78 is 14.7. The number of pyridine rings is 1. The summed E-state index contributed by atoms with van der Waals surface area (Å²) >= 11 is 0. The van der Waals surface area contributed by atoms with Gasteiger partial charge in [0.05, 0.1) is 5.56 Å². The maximum absolute atomic E-state index is 13.4. The number of aryl methyl sites for hydroxylation is 1. The van der Waals surface area contributed by atoms with Gasteiger partial charge in [0.25, 0.3) is 5.56 Å². The molecule has 0 unspecified atom stereocenters. The fraction of sp³-hybridized carbons (Fsp3) is 0.0625. The van der Waals surface area contributed by atoms with Gasteiger partial charge in [0.15, 0.2) is 6.29 Å². The molecule has 3 aromatic rings. The SMILES string of the molecule is Cc1ccc2nc(C=O)c(-c3cccc(F)c3)c(=O)n2c1. The van der Waals surface area contributed by atoms with E-state index in [4.69, 9.17) is 0 Å². The van der Waals surface area contributed by atoms with Crippen molar-refractivity contribution in [3.8, 4) is 11.1 Å². The Balaban J connectivity index is 2.43. The molecule has 0 fully saturated rings. The third kappa shape index (κ3) is 2.23. The maximum Gasteiger partial charge on any atom is 0.266 e. The second-order valence-corrected chi connectivity index (χ2v) is 4.74. The molecule has 0 aliphatic heterocycles. The molecular weight excluding hydrogens is 271 g/mol. The van der Waals surface area contributed by atoms with Gasteiger partial charge in [-0.3, -0.25) is 14.0 Å². The fourth-order valence-electron chi connectivity index (χ4n) is 2.26. The molecule has 0 bridgehead atoms. The van der Waals surface area contributed by atoms with Gasteiger partial charge >= 0.3 is 0 Å². The minimum atomic E-state index is -0.474. The van der Waals surface area contributed by atoms with Crippen LogP contribution in [0.5, 0.6) is 0 Å². The number of hydrogen-bond donors (Lipinski definition) is 0. The van der Waals surface area contributed by atoms with Gasteiger partial charge < -0.3 is 0 Å². The summed E-state index contributed by atoms with van der Waals surface area (Å²) in [6.07, 6.45) is 2.16. The Morgan fingerprint density at radius 1 is 1.24 bits per heavy atom. The standard InChI is InChI=1S/C16H11FN2O2/c1-10-5-6-14-18-13(9-20)15(16(21)19(14)8-10)11-3-2-4-12(17)7-11/h2-9H,1H3. The number of aldehydes is 1. The van der Waals surface area contributed by atoms with Crippen molar-refractivity contribution >= 4 is 11.9 Å². The van der Waals surface area contributed by atoms with Crippen molar-refractivity contribution in [1.82, 2.24) is 9.38 Å². The van der Waals surface area contributed by atoms with E-state index in [1.807, 2.05) is 6.92 Å². The fourth-order valence-corrected chi connectivity index (χ4v) is 2.26. The first-order chi connectivity index (χ1) is 10.1. The smallest absolute Gasteiger partial charge is 0.266 e. The van der Waals surface area contributed by atoms with Crippen LogP contribution in [0.15, 0.2) is 47.4 Å². The van der Waals surface area contributed by atoms with E-state index in [1.165, 1.54) is 22.6 Å². The molecule has 0 aliphatic carbocycles. The van der Waals surface area contributed by atoms with Crippen LogP contribution in [-0.2, 0) is 0 Å². The summed E-state index contributed by atoms with van der Waals surface area (Å²) in [6, 6.07) is 9.03. The van der Waals surface area contributed by atoms with Crippen LogP contribution < -0.4 is 5.56 Å². The van der Waals surface area contributed by atoms with E-state index in [1.54, 1.807) is 24.4 Å². The Morgan fingerprint density at radius 3 is 2.76 bits per heavy atom. The number of carbonyl (C=O) groups is 1. The summed E-state index contributed by atoms with van der Waals surface area (Å²) in [5, 5.41) is 0. The van der Waals surface area contributed by atoms with Crippen LogP contribution in [-0.4, -0.2) is 15.7 Å². The summed E-state index contributed by atoms with van der Waals surface area (Å²) in [7, 11) is 0. The molecule has 0 aliphatic rings. The van der Waals surface area contributed by atoms with Crippen molar-refractivity contribution in [2.24, 2.45) is 0 Å². The molecule has 2 heterocycles. The molecule has 0 spiro atoms. The molecule has 0 saturated carbocycles. The van der Waals surface area contributed by atoms with Crippen LogP contribution in [0.2, 0.25) is 0 Å². The topological polar surface area (TPSA) is 51.4 Å². The van der Waals surface area contributed by atoms with Crippen LogP contribution in [0.3, 0.4) is 0 Å². The highest BCUT2D eigenvalue weighted by Gasteiger charge is 2.14. The Morgan fingerprint density at radius 2 is 2.05 bits per heavy atom. The lowest BCUT2D eigenvalue weighted by Gasteiger charge is -2.08. The zero-order chi connectivity index (χ0) is 15.0. The molecule has 104 valence electrons. The van der Waals surface area contributed by atoms with Crippen LogP contribution >= 0.6 is 0 Å². The molecule has 0 amide bonds. The lowest BCUT2D eigenvalue weighted by Crippen LogP contribution is -2.20. The number of benzene rings is 1. The lowest BCUT2D eigenvalue weighted by molar-refractivity contribution is 0.111. The molecule has 4 nitrogen and oxygen atoms in total. The molecule has 21 heavy (non-hydrogen) atoms. The van der Waals surface area contributed by atoms with Crippen LogP contribution in [0, 0.1) is 12.7 Å². The van der Waals surface area contributed by atoms with Crippen molar-refractivity contribution in [2.75, 3.05) is 0 Å². The maximum atomic E-state index is 13.4. The van der Waals surface area contributed by atoms with Gasteiger partial charge in [0.2, 0.25) is 0 Å². The predicted octanol–water partition coefficient (Wildman–Crippen LogP) is 2.62. The molecule has 0 atom stereocenters. The Hall–Kier alpha value is -2.82. The van der Waals surface area contributed by atoms with E-state index in [-0.39, 0.29) is 11.3 Å². The number of rotatable bonds is 2. The van der Waals surface area contributed by atoms with E-state index in [0.717, 1.165) is 5.56 Å². The van der Waals surface area contributed by atoms with Gasteiger partial charge in [-0.05, 0) is 36.2 Å². The molecule has 0 radical (unpaired) electrons. The molecular formula is C16H11FN2O2. The number of nitrogens with zero attached hydrogens (tertiary/aromatic N) is 2. The molecule has 0 N–H and O–H groups in total. The number of aromatic nitrogens is 2.